The average Bonchev–Trinajstić information content (AvgIpc) is 3.46. The van der Waals surface area contributed by atoms with Crippen molar-refractivity contribution in [2.75, 3.05) is 10.6 Å². The first-order valence-corrected chi connectivity index (χ1v) is 11.0. The maximum Gasteiger partial charge on any atom is 0.291 e. The molecule has 0 aliphatic carbocycles. The van der Waals surface area contributed by atoms with Gasteiger partial charge in [-0.1, -0.05) is 11.8 Å². The van der Waals surface area contributed by atoms with E-state index in [1.54, 1.807) is 47.4 Å². The highest BCUT2D eigenvalue weighted by Gasteiger charge is 2.13. The summed E-state index contributed by atoms with van der Waals surface area (Å²) in [6.45, 7) is 1.97. The van der Waals surface area contributed by atoms with E-state index in [1.807, 2.05) is 36.6 Å². The molecule has 0 spiro atoms. The van der Waals surface area contributed by atoms with Crippen LogP contribution in [-0.4, -0.2) is 16.8 Å². The van der Waals surface area contributed by atoms with Crippen LogP contribution in [0, 0.1) is 6.92 Å². The zero-order valence-electron chi connectivity index (χ0n) is 15.2. The maximum absolute atomic E-state index is 12.5. The van der Waals surface area contributed by atoms with Crippen molar-refractivity contribution in [3.05, 3.63) is 76.5 Å². The van der Waals surface area contributed by atoms with E-state index < -0.39 is 0 Å². The van der Waals surface area contributed by atoms with Gasteiger partial charge in [0, 0.05) is 21.7 Å². The summed E-state index contributed by atoms with van der Waals surface area (Å²) in [7, 11) is 0. The van der Waals surface area contributed by atoms with E-state index in [-0.39, 0.29) is 17.6 Å². The van der Waals surface area contributed by atoms with Gasteiger partial charge in [-0.05, 0) is 55.5 Å². The zero-order valence-corrected chi connectivity index (χ0v) is 17.6. The number of hydrogen-bond acceptors (Lipinski definition) is 7. The van der Waals surface area contributed by atoms with Gasteiger partial charge >= 0.3 is 0 Å². The second-order valence-corrected chi connectivity index (χ2v) is 9.19. The summed E-state index contributed by atoms with van der Waals surface area (Å²) in [5.41, 5.74) is 1.71. The number of anilines is 2. The number of amides is 2. The topological polar surface area (TPSA) is 84.2 Å². The molecule has 0 aliphatic heterocycles. The van der Waals surface area contributed by atoms with Gasteiger partial charge in [0.05, 0.1) is 16.1 Å². The smallest absolute Gasteiger partial charge is 0.291 e. The highest BCUT2D eigenvalue weighted by molar-refractivity contribution is 8.01. The third kappa shape index (κ3) is 4.94. The van der Waals surface area contributed by atoms with Crippen molar-refractivity contribution in [3.8, 4) is 0 Å². The van der Waals surface area contributed by atoms with Gasteiger partial charge in [-0.25, -0.2) is 4.98 Å². The maximum atomic E-state index is 12.5. The van der Waals surface area contributed by atoms with Crippen LogP contribution in [0.1, 0.15) is 25.9 Å². The van der Waals surface area contributed by atoms with Gasteiger partial charge in [-0.15, -0.1) is 22.7 Å². The highest BCUT2D eigenvalue weighted by atomic mass is 32.2. The molecule has 0 bridgehead atoms. The van der Waals surface area contributed by atoms with Crippen molar-refractivity contribution < 1.29 is 14.0 Å². The molecular weight excluding hydrogens is 426 g/mol. The van der Waals surface area contributed by atoms with Crippen LogP contribution in [0.2, 0.25) is 0 Å². The fourth-order valence-electron chi connectivity index (χ4n) is 2.39. The minimum Gasteiger partial charge on any atom is -0.459 e. The van der Waals surface area contributed by atoms with Crippen LogP contribution >= 0.6 is 34.4 Å². The molecular formula is C20H15N3O3S3. The Hall–Kier alpha value is -2.88. The molecule has 0 fully saturated rings. The van der Waals surface area contributed by atoms with Crippen LogP contribution in [0.3, 0.4) is 0 Å². The number of benzene rings is 1. The summed E-state index contributed by atoms with van der Waals surface area (Å²) in [5, 5.41) is 8.17. The molecule has 29 heavy (non-hydrogen) atoms. The summed E-state index contributed by atoms with van der Waals surface area (Å²) < 4.78 is 6.05. The quantitative estimate of drug-likeness (QED) is 0.397. The van der Waals surface area contributed by atoms with Gasteiger partial charge in [-0.2, -0.15) is 0 Å². The highest BCUT2D eigenvalue weighted by Crippen LogP contribution is 2.31. The number of aromatic nitrogens is 1. The van der Waals surface area contributed by atoms with Crippen molar-refractivity contribution in [2.24, 2.45) is 0 Å². The van der Waals surface area contributed by atoms with Crippen LogP contribution < -0.4 is 10.6 Å². The van der Waals surface area contributed by atoms with Crippen LogP contribution in [-0.2, 0) is 0 Å². The van der Waals surface area contributed by atoms with Crippen molar-refractivity contribution in [3.63, 3.8) is 0 Å². The van der Waals surface area contributed by atoms with Crippen LogP contribution in [0.4, 0.5) is 10.7 Å². The summed E-state index contributed by atoms with van der Waals surface area (Å²) in [4.78, 5) is 30.5. The molecule has 146 valence electrons. The van der Waals surface area contributed by atoms with E-state index in [9.17, 15) is 9.59 Å². The molecule has 0 atom stereocenters. The predicted octanol–water partition coefficient (Wildman–Crippen LogP) is 5.76. The molecule has 6 nitrogen and oxygen atoms in total. The average molecular weight is 442 g/mol. The SMILES string of the molecule is Cc1csc(Sc2ccc(NC(=O)c3ccc(NC(=O)c4ccco4)s3)cc2)n1. The third-order valence-electron chi connectivity index (χ3n) is 3.73. The Balaban J connectivity index is 1.35. The van der Waals surface area contributed by atoms with E-state index >= 15 is 0 Å². The van der Waals surface area contributed by atoms with Gasteiger partial charge < -0.3 is 15.1 Å². The first-order valence-electron chi connectivity index (χ1n) is 8.53. The molecule has 3 aromatic heterocycles. The van der Waals surface area contributed by atoms with Gasteiger partial charge in [-0.3, -0.25) is 9.59 Å². The number of thiophene rings is 1. The Kier molecular flexibility index (Phi) is 5.79. The summed E-state index contributed by atoms with van der Waals surface area (Å²) in [6.07, 6.45) is 1.43. The lowest BCUT2D eigenvalue weighted by atomic mass is 10.3. The van der Waals surface area contributed by atoms with E-state index in [2.05, 4.69) is 15.6 Å². The predicted molar refractivity (Wildman–Crippen MR) is 116 cm³/mol. The molecule has 1 aromatic carbocycles. The Morgan fingerprint density at radius 3 is 2.55 bits per heavy atom. The minimum absolute atomic E-state index is 0.218. The van der Waals surface area contributed by atoms with Crippen molar-refractivity contribution >= 4 is 56.9 Å². The molecule has 0 aliphatic rings. The minimum atomic E-state index is -0.354. The molecule has 0 unspecified atom stereocenters. The first kappa shape index (κ1) is 19.4. The number of carbonyl (C=O) groups excluding carboxylic acids is 2. The van der Waals surface area contributed by atoms with Crippen molar-refractivity contribution in [1.82, 2.24) is 4.98 Å². The van der Waals surface area contributed by atoms with Crippen LogP contribution in [0.5, 0.6) is 0 Å². The number of furan rings is 1. The molecule has 2 amide bonds. The molecule has 2 N–H and O–H groups in total. The number of nitrogens with one attached hydrogen (secondary N) is 2. The molecule has 9 heteroatoms. The van der Waals surface area contributed by atoms with E-state index in [0.717, 1.165) is 14.9 Å². The van der Waals surface area contributed by atoms with Crippen molar-refractivity contribution in [2.45, 2.75) is 16.2 Å². The fraction of sp³-hybridized carbons (Fsp3) is 0.0500. The first-order chi connectivity index (χ1) is 14.1. The molecule has 0 saturated heterocycles. The van der Waals surface area contributed by atoms with Gasteiger partial charge in [0.2, 0.25) is 0 Å². The van der Waals surface area contributed by atoms with Gasteiger partial charge in [0.25, 0.3) is 11.8 Å². The number of hydrogen-bond donors (Lipinski definition) is 2. The summed E-state index contributed by atoms with van der Waals surface area (Å²) in [5.74, 6) is -0.368. The Bertz CT molecular complexity index is 1130. The van der Waals surface area contributed by atoms with Crippen molar-refractivity contribution in [1.29, 1.82) is 0 Å². The molecule has 0 saturated carbocycles. The molecule has 3 heterocycles. The Morgan fingerprint density at radius 2 is 1.86 bits per heavy atom. The largest absolute Gasteiger partial charge is 0.459 e. The van der Waals surface area contributed by atoms with Gasteiger partial charge in [0.15, 0.2) is 10.1 Å². The van der Waals surface area contributed by atoms with Crippen LogP contribution in [0.25, 0.3) is 0 Å². The number of thiazole rings is 1. The lowest BCUT2D eigenvalue weighted by molar-refractivity contribution is 0.0995. The summed E-state index contributed by atoms with van der Waals surface area (Å²) in [6, 6.07) is 14.2. The monoisotopic (exact) mass is 441 g/mol. The fourth-order valence-corrected chi connectivity index (χ4v) is 4.99. The molecule has 4 aromatic rings. The summed E-state index contributed by atoms with van der Waals surface area (Å²) >= 11 is 4.40. The van der Waals surface area contributed by atoms with E-state index in [4.69, 9.17) is 4.42 Å². The zero-order chi connectivity index (χ0) is 20.2. The number of rotatable bonds is 6. The lowest BCUT2D eigenvalue weighted by Gasteiger charge is -2.05. The van der Waals surface area contributed by atoms with E-state index in [0.29, 0.717) is 15.6 Å². The molecule has 0 radical (unpaired) electrons. The third-order valence-corrected chi connectivity index (χ3v) is 6.79. The number of carbonyl (C=O) groups is 2. The standard InChI is InChI=1S/C20H15N3O3S3/c1-12-11-27-20(21-12)28-14-6-4-13(5-7-14)22-19(25)16-8-9-17(29-16)23-18(24)15-3-2-10-26-15/h2-11H,1H3,(H,22,25)(H,23,24). The Labute approximate surface area is 179 Å². The number of aryl methyl sites for hydroxylation is 1. The second kappa shape index (κ2) is 8.64. The van der Waals surface area contributed by atoms with E-state index in [1.165, 1.54) is 17.6 Å². The number of nitrogens with zero attached hydrogens (tertiary/aromatic N) is 1. The van der Waals surface area contributed by atoms with Crippen LogP contribution in [0.15, 0.2) is 73.8 Å². The molecule has 4 rings (SSSR count). The van der Waals surface area contributed by atoms with Gasteiger partial charge in [0.1, 0.15) is 0 Å². The normalized spacial score (nSPS) is 10.7. The Morgan fingerprint density at radius 1 is 1.03 bits per heavy atom. The lowest BCUT2D eigenvalue weighted by Crippen LogP contribution is -2.10. The second-order valence-electron chi connectivity index (χ2n) is 5.93.